The summed E-state index contributed by atoms with van der Waals surface area (Å²) < 4.78 is 5.71. The minimum Gasteiger partial charge on any atom is -0.451 e. The molecular weight excluding hydrogens is 332 g/mol. The fraction of sp³-hybridized carbons (Fsp3) is 0.350. The second-order valence-corrected chi connectivity index (χ2v) is 8.54. The fourth-order valence-electron chi connectivity index (χ4n) is 3.09. The van der Waals surface area contributed by atoms with Gasteiger partial charge in [0.1, 0.15) is 6.04 Å². The molecule has 0 bridgehead atoms. The Hall–Kier alpha value is -1.82. The molecule has 1 heterocycles. The molecule has 25 heavy (non-hydrogen) atoms. The Balaban J connectivity index is 1.85. The van der Waals surface area contributed by atoms with Crippen molar-refractivity contribution in [3.63, 3.8) is 0 Å². The Morgan fingerprint density at radius 2 is 1.64 bits per heavy atom. The van der Waals surface area contributed by atoms with Crippen LogP contribution in [-0.2, 0) is 9.53 Å². The van der Waals surface area contributed by atoms with E-state index < -0.39 is 6.10 Å². The number of ether oxygens (including phenoxy) is 1. The zero-order chi connectivity index (χ0) is 17.9. The molecular formula is C20H24N2O2S. The first-order valence-corrected chi connectivity index (χ1v) is 9.33. The Morgan fingerprint density at radius 3 is 2.08 bits per heavy atom. The van der Waals surface area contributed by atoms with Crippen molar-refractivity contribution < 1.29 is 9.53 Å². The average Bonchev–Trinajstić information content (AvgIpc) is 2.95. The normalized spacial score (nSPS) is 22.1. The van der Waals surface area contributed by atoms with E-state index >= 15 is 0 Å². The molecule has 1 aliphatic heterocycles. The molecule has 0 saturated carbocycles. The minimum absolute atomic E-state index is 0.0689. The summed E-state index contributed by atoms with van der Waals surface area (Å²) in [6, 6.07) is 19.3. The Morgan fingerprint density at radius 1 is 1.12 bits per heavy atom. The minimum atomic E-state index is -0.422. The van der Waals surface area contributed by atoms with Crippen LogP contribution in [0.1, 0.15) is 31.1 Å². The maximum atomic E-state index is 12.9. The Labute approximate surface area is 153 Å². The van der Waals surface area contributed by atoms with Gasteiger partial charge in [-0.05, 0) is 25.0 Å². The third kappa shape index (κ3) is 4.06. The number of nitrogens with one attached hydrogen (secondary N) is 1. The molecule has 1 saturated heterocycles. The quantitative estimate of drug-likeness (QED) is 0.806. The lowest BCUT2D eigenvalue weighted by Gasteiger charge is -2.26. The van der Waals surface area contributed by atoms with Crippen molar-refractivity contribution in [1.29, 1.82) is 0 Å². The van der Waals surface area contributed by atoms with Crippen molar-refractivity contribution in [1.82, 2.24) is 5.32 Å². The highest BCUT2D eigenvalue weighted by Crippen LogP contribution is 2.39. The van der Waals surface area contributed by atoms with Crippen LogP contribution in [0.15, 0.2) is 60.7 Å². The molecule has 3 N–H and O–H groups in total. The van der Waals surface area contributed by atoms with E-state index in [1.54, 1.807) is 11.8 Å². The summed E-state index contributed by atoms with van der Waals surface area (Å²) >= 11 is 1.69. The van der Waals surface area contributed by atoms with Gasteiger partial charge in [0.05, 0.1) is 5.37 Å². The number of esters is 1. The zero-order valence-corrected chi connectivity index (χ0v) is 15.3. The molecule has 132 valence electrons. The predicted molar refractivity (Wildman–Crippen MR) is 102 cm³/mol. The van der Waals surface area contributed by atoms with Gasteiger partial charge >= 0.3 is 5.97 Å². The Bertz CT molecular complexity index is 667. The van der Waals surface area contributed by atoms with Gasteiger partial charge in [-0.3, -0.25) is 10.1 Å². The van der Waals surface area contributed by atoms with Gasteiger partial charge in [0.2, 0.25) is 0 Å². The van der Waals surface area contributed by atoms with E-state index in [4.69, 9.17) is 10.5 Å². The van der Waals surface area contributed by atoms with E-state index in [0.717, 1.165) is 11.1 Å². The van der Waals surface area contributed by atoms with Crippen LogP contribution < -0.4 is 11.1 Å². The van der Waals surface area contributed by atoms with E-state index in [9.17, 15) is 4.79 Å². The molecule has 0 spiro atoms. The van der Waals surface area contributed by atoms with Gasteiger partial charge in [-0.1, -0.05) is 60.7 Å². The molecule has 0 amide bonds. The molecule has 2 aromatic carbocycles. The lowest BCUT2D eigenvalue weighted by molar-refractivity contribution is -0.150. The topological polar surface area (TPSA) is 64.3 Å². The molecule has 5 heteroatoms. The van der Waals surface area contributed by atoms with Gasteiger partial charge in [0, 0.05) is 11.3 Å². The third-order valence-electron chi connectivity index (χ3n) is 4.38. The summed E-state index contributed by atoms with van der Waals surface area (Å²) in [5.41, 5.74) is 7.68. The average molecular weight is 356 g/mol. The van der Waals surface area contributed by atoms with Crippen molar-refractivity contribution in [2.24, 2.45) is 5.73 Å². The summed E-state index contributed by atoms with van der Waals surface area (Å²) in [6.07, 6.45) is -0.422. The highest BCUT2D eigenvalue weighted by Gasteiger charge is 2.46. The number of hydrogen-bond acceptors (Lipinski definition) is 5. The third-order valence-corrected chi connectivity index (χ3v) is 5.84. The number of nitrogens with two attached hydrogens (primary N) is 1. The highest BCUT2D eigenvalue weighted by atomic mass is 32.2. The van der Waals surface area contributed by atoms with Crippen LogP contribution in [0.25, 0.3) is 0 Å². The van der Waals surface area contributed by atoms with E-state index in [2.05, 4.69) is 5.32 Å². The highest BCUT2D eigenvalue weighted by molar-refractivity contribution is 8.01. The number of thioether (sulfide) groups is 1. The summed E-state index contributed by atoms with van der Waals surface area (Å²) in [4.78, 5) is 12.9. The molecule has 4 nitrogen and oxygen atoms in total. The van der Waals surface area contributed by atoms with Crippen molar-refractivity contribution in [3.8, 4) is 0 Å². The SMILES string of the molecule is CC1(C)S[C@@H](CN)N[C@@H]1C(=O)OC(c1ccccc1)c1ccccc1. The standard InChI is InChI=1S/C20H24N2O2S/c1-20(2)18(22-16(13-21)25-20)19(23)24-17(14-9-5-3-6-10-14)15-11-7-4-8-12-15/h3-12,16-18,22H,13,21H2,1-2H3/t16-,18+/m0/s1. The van der Waals surface area contributed by atoms with E-state index in [0.29, 0.717) is 6.54 Å². The molecule has 0 aromatic heterocycles. The van der Waals surface area contributed by atoms with Crippen LogP contribution >= 0.6 is 11.8 Å². The van der Waals surface area contributed by atoms with Gasteiger partial charge in [0.25, 0.3) is 0 Å². The summed E-state index contributed by atoms with van der Waals surface area (Å²) in [5, 5.41) is 3.37. The Kier molecular flexibility index (Phi) is 5.47. The van der Waals surface area contributed by atoms with Crippen LogP contribution in [-0.4, -0.2) is 28.7 Å². The molecule has 1 fully saturated rings. The van der Waals surface area contributed by atoms with Crippen molar-refractivity contribution in [2.75, 3.05) is 6.54 Å². The number of rotatable bonds is 5. The second-order valence-electron chi connectivity index (χ2n) is 6.68. The lowest BCUT2D eigenvalue weighted by atomic mass is 10.00. The van der Waals surface area contributed by atoms with E-state index in [1.165, 1.54) is 0 Å². The van der Waals surface area contributed by atoms with Crippen LogP contribution in [0.2, 0.25) is 0 Å². The van der Waals surface area contributed by atoms with Crippen molar-refractivity contribution in [3.05, 3.63) is 71.8 Å². The van der Waals surface area contributed by atoms with Gasteiger partial charge in [-0.2, -0.15) is 0 Å². The summed E-state index contributed by atoms with van der Waals surface area (Å²) in [5.74, 6) is -0.244. The van der Waals surface area contributed by atoms with E-state index in [1.807, 2.05) is 74.5 Å². The van der Waals surface area contributed by atoms with Crippen LogP contribution in [0.5, 0.6) is 0 Å². The van der Waals surface area contributed by atoms with Crippen LogP contribution in [0.3, 0.4) is 0 Å². The van der Waals surface area contributed by atoms with Gasteiger partial charge in [-0.15, -0.1) is 11.8 Å². The first-order valence-electron chi connectivity index (χ1n) is 8.45. The monoisotopic (exact) mass is 356 g/mol. The zero-order valence-electron chi connectivity index (χ0n) is 14.5. The van der Waals surface area contributed by atoms with E-state index in [-0.39, 0.29) is 22.1 Å². The number of hydrogen-bond donors (Lipinski definition) is 2. The summed E-state index contributed by atoms with van der Waals surface area (Å²) in [6.45, 7) is 4.58. The molecule has 2 atom stereocenters. The second kappa shape index (κ2) is 7.60. The number of carbonyl (C=O) groups is 1. The molecule has 2 aromatic rings. The fourth-order valence-corrected chi connectivity index (χ4v) is 4.43. The first kappa shape index (κ1) is 18.0. The van der Waals surface area contributed by atoms with Crippen LogP contribution in [0.4, 0.5) is 0 Å². The number of benzene rings is 2. The van der Waals surface area contributed by atoms with Gasteiger partial charge < -0.3 is 10.5 Å². The van der Waals surface area contributed by atoms with Crippen molar-refractivity contribution in [2.45, 2.75) is 36.1 Å². The first-order chi connectivity index (χ1) is 12.0. The molecule has 3 rings (SSSR count). The summed E-state index contributed by atoms with van der Waals surface area (Å²) in [7, 11) is 0. The number of carbonyl (C=O) groups excluding carboxylic acids is 1. The molecule has 0 radical (unpaired) electrons. The van der Waals surface area contributed by atoms with Gasteiger partial charge in [0.15, 0.2) is 6.10 Å². The predicted octanol–water partition coefficient (Wildman–Crippen LogP) is 3.09. The van der Waals surface area contributed by atoms with Crippen LogP contribution in [0, 0.1) is 0 Å². The maximum absolute atomic E-state index is 12.9. The van der Waals surface area contributed by atoms with Gasteiger partial charge in [-0.25, -0.2) is 0 Å². The molecule has 1 aliphatic rings. The smallest absolute Gasteiger partial charge is 0.325 e. The largest absolute Gasteiger partial charge is 0.451 e. The maximum Gasteiger partial charge on any atom is 0.325 e. The lowest BCUT2D eigenvalue weighted by Crippen LogP contribution is -2.47. The molecule has 0 aliphatic carbocycles. The molecule has 0 unspecified atom stereocenters. The van der Waals surface area contributed by atoms with Crippen molar-refractivity contribution >= 4 is 17.7 Å².